The minimum absolute atomic E-state index is 0.813. The molecule has 1 unspecified atom stereocenters. The molecular formula is C11H24N4S. The van der Waals surface area contributed by atoms with Gasteiger partial charge in [-0.25, -0.2) is 0 Å². The number of hydrogen-bond acceptors (Lipinski definition) is 5. The van der Waals surface area contributed by atoms with Crippen molar-refractivity contribution in [3.8, 4) is 0 Å². The Morgan fingerprint density at radius 2 is 2.19 bits per heavy atom. The molecule has 0 saturated heterocycles. The van der Waals surface area contributed by atoms with E-state index in [0.717, 1.165) is 12.3 Å². The highest BCUT2D eigenvalue weighted by molar-refractivity contribution is 7.09. The first-order valence-electron chi connectivity index (χ1n) is 5.90. The van der Waals surface area contributed by atoms with Gasteiger partial charge in [0.05, 0.1) is 0 Å². The van der Waals surface area contributed by atoms with Crippen LogP contribution in [0, 0.1) is 5.92 Å². The molecule has 0 aromatic carbocycles. The first kappa shape index (κ1) is 15.5. The number of rotatable bonds is 6. The van der Waals surface area contributed by atoms with Crippen molar-refractivity contribution >= 4 is 11.3 Å². The molecule has 0 fully saturated rings. The van der Waals surface area contributed by atoms with Crippen molar-refractivity contribution in [2.45, 2.75) is 46.0 Å². The predicted molar refractivity (Wildman–Crippen MR) is 70.2 cm³/mol. The molecule has 1 atom stereocenters. The number of hydrazine groups is 1. The number of aromatic nitrogens is 2. The van der Waals surface area contributed by atoms with Crippen LogP contribution in [0.4, 0.5) is 0 Å². The molecule has 0 radical (unpaired) electrons. The van der Waals surface area contributed by atoms with Crippen molar-refractivity contribution in [2.75, 3.05) is 7.05 Å². The zero-order chi connectivity index (χ0) is 12.2. The summed E-state index contributed by atoms with van der Waals surface area (Å²) in [5, 5.41) is 9.14. The van der Waals surface area contributed by atoms with Crippen LogP contribution >= 0.6 is 11.3 Å². The van der Waals surface area contributed by atoms with E-state index in [4.69, 9.17) is 0 Å². The quantitative estimate of drug-likeness (QED) is 0.595. The maximum atomic E-state index is 4.60. The van der Waals surface area contributed by atoms with Crippen molar-refractivity contribution < 1.29 is 0 Å². The van der Waals surface area contributed by atoms with Gasteiger partial charge in [0.2, 0.25) is 0 Å². The van der Waals surface area contributed by atoms with Crippen molar-refractivity contribution in [3.63, 3.8) is 0 Å². The van der Waals surface area contributed by atoms with Crippen molar-refractivity contribution in [3.05, 3.63) is 10.5 Å². The maximum absolute atomic E-state index is 4.60. The molecule has 4 nitrogen and oxygen atoms in total. The molecule has 5 heteroatoms. The lowest BCUT2D eigenvalue weighted by Crippen LogP contribution is -2.13. The van der Waals surface area contributed by atoms with Crippen LogP contribution in [0.1, 0.15) is 44.5 Å². The fourth-order valence-electron chi connectivity index (χ4n) is 1.48. The van der Waals surface area contributed by atoms with Crippen LogP contribution in [-0.4, -0.2) is 17.2 Å². The summed E-state index contributed by atoms with van der Waals surface area (Å²) in [4.78, 5) is 0. The van der Waals surface area contributed by atoms with Gasteiger partial charge < -0.3 is 0 Å². The summed E-state index contributed by atoms with van der Waals surface area (Å²) < 4.78 is 0. The summed E-state index contributed by atoms with van der Waals surface area (Å²) in [5.74, 6) is 5.41. The van der Waals surface area contributed by atoms with E-state index in [1.807, 2.05) is 5.51 Å². The molecule has 1 rings (SSSR count). The van der Waals surface area contributed by atoms with E-state index >= 15 is 0 Å². The SMILES string of the molecule is CCCCC(CC)Cc1nncs1.CNN. The lowest BCUT2D eigenvalue weighted by Gasteiger charge is -2.11. The van der Waals surface area contributed by atoms with Gasteiger partial charge in [-0.1, -0.05) is 39.5 Å². The first-order valence-corrected chi connectivity index (χ1v) is 6.78. The van der Waals surface area contributed by atoms with Crippen LogP contribution in [0.15, 0.2) is 5.51 Å². The third-order valence-corrected chi connectivity index (χ3v) is 3.13. The summed E-state index contributed by atoms with van der Waals surface area (Å²) in [5.41, 5.74) is 4.07. The van der Waals surface area contributed by atoms with Crippen LogP contribution in [-0.2, 0) is 6.42 Å². The molecule has 0 aliphatic rings. The molecule has 0 bridgehead atoms. The van der Waals surface area contributed by atoms with E-state index in [9.17, 15) is 0 Å². The lowest BCUT2D eigenvalue weighted by atomic mass is 9.96. The molecule has 0 spiro atoms. The molecule has 1 heterocycles. The van der Waals surface area contributed by atoms with Gasteiger partial charge in [0.15, 0.2) is 0 Å². The molecule has 94 valence electrons. The Bertz CT molecular complexity index is 226. The summed E-state index contributed by atoms with van der Waals surface area (Å²) in [6, 6.07) is 0. The number of unbranched alkanes of at least 4 members (excludes halogenated alkanes) is 1. The first-order chi connectivity index (χ1) is 7.78. The molecule has 0 aliphatic carbocycles. The largest absolute Gasteiger partial charge is 0.272 e. The van der Waals surface area contributed by atoms with Gasteiger partial charge in [-0.05, 0) is 13.0 Å². The van der Waals surface area contributed by atoms with E-state index in [1.165, 1.54) is 30.7 Å². The molecule has 1 aromatic rings. The second-order valence-corrected chi connectivity index (χ2v) is 4.66. The van der Waals surface area contributed by atoms with E-state index in [2.05, 4.69) is 35.3 Å². The number of nitrogens with two attached hydrogens (primary N) is 1. The zero-order valence-electron chi connectivity index (χ0n) is 10.6. The summed E-state index contributed by atoms with van der Waals surface area (Å²) in [6.45, 7) is 4.51. The van der Waals surface area contributed by atoms with Crippen LogP contribution < -0.4 is 11.3 Å². The lowest BCUT2D eigenvalue weighted by molar-refractivity contribution is 0.447. The van der Waals surface area contributed by atoms with Gasteiger partial charge in [-0.15, -0.1) is 21.5 Å². The average Bonchev–Trinajstić information content (AvgIpc) is 2.78. The second kappa shape index (κ2) is 11.0. The summed E-state index contributed by atoms with van der Waals surface area (Å²) in [7, 11) is 1.65. The highest BCUT2D eigenvalue weighted by atomic mass is 32.1. The molecule has 1 aromatic heterocycles. The molecular weight excluding hydrogens is 220 g/mol. The molecule has 0 aliphatic heterocycles. The smallest absolute Gasteiger partial charge is 0.117 e. The van der Waals surface area contributed by atoms with E-state index in [0.29, 0.717) is 0 Å². The highest BCUT2D eigenvalue weighted by Gasteiger charge is 2.08. The van der Waals surface area contributed by atoms with Gasteiger partial charge >= 0.3 is 0 Å². The standard InChI is InChI=1S/C10H18N2S.CH6N2/c1-3-5-6-9(4-2)7-10-12-11-8-13-10;1-3-2/h8-9H,3-7H2,1-2H3;3H,2H2,1H3. The summed E-state index contributed by atoms with van der Waals surface area (Å²) >= 11 is 1.68. The Labute approximate surface area is 103 Å². The number of nitrogens with one attached hydrogen (secondary N) is 1. The Kier molecular flexibility index (Phi) is 10.6. The fourth-order valence-corrected chi connectivity index (χ4v) is 2.12. The van der Waals surface area contributed by atoms with Crippen molar-refractivity contribution in [1.29, 1.82) is 0 Å². The van der Waals surface area contributed by atoms with Gasteiger partial charge in [0.25, 0.3) is 0 Å². The molecule has 16 heavy (non-hydrogen) atoms. The topological polar surface area (TPSA) is 63.8 Å². The van der Waals surface area contributed by atoms with Gasteiger partial charge in [-0.2, -0.15) is 0 Å². The van der Waals surface area contributed by atoms with Crippen LogP contribution in [0.3, 0.4) is 0 Å². The maximum Gasteiger partial charge on any atom is 0.117 e. The second-order valence-electron chi connectivity index (χ2n) is 3.74. The van der Waals surface area contributed by atoms with E-state index < -0.39 is 0 Å². The van der Waals surface area contributed by atoms with Crippen molar-refractivity contribution in [2.24, 2.45) is 11.8 Å². The number of hydrogen-bond donors (Lipinski definition) is 2. The van der Waals surface area contributed by atoms with Crippen LogP contribution in [0.5, 0.6) is 0 Å². The molecule has 3 N–H and O–H groups in total. The van der Waals surface area contributed by atoms with Gasteiger partial charge in [0.1, 0.15) is 10.5 Å². The molecule has 0 saturated carbocycles. The van der Waals surface area contributed by atoms with E-state index in [-0.39, 0.29) is 0 Å². The Morgan fingerprint density at radius 3 is 2.62 bits per heavy atom. The third kappa shape index (κ3) is 7.73. The minimum atomic E-state index is 0.813. The number of nitrogens with zero attached hydrogens (tertiary/aromatic N) is 2. The van der Waals surface area contributed by atoms with Gasteiger partial charge in [0, 0.05) is 6.42 Å². The normalized spacial score (nSPS) is 11.8. The monoisotopic (exact) mass is 244 g/mol. The van der Waals surface area contributed by atoms with Crippen LogP contribution in [0.25, 0.3) is 0 Å². The Hall–Kier alpha value is -0.520. The summed E-state index contributed by atoms with van der Waals surface area (Å²) in [6.07, 6.45) is 6.37. The third-order valence-electron chi connectivity index (χ3n) is 2.41. The Morgan fingerprint density at radius 1 is 1.50 bits per heavy atom. The van der Waals surface area contributed by atoms with Crippen LogP contribution in [0.2, 0.25) is 0 Å². The van der Waals surface area contributed by atoms with Gasteiger partial charge in [-0.3, -0.25) is 11.3 Å². The minimum Gasteiger partial charge on any atom is -0.272 e. The van der Waals surface area contributed by atoms with Crippen molar-refractivity contribution in [1.82, 2.24) is 15.6 Å². The average molecular weight is 244 g/mol. The fraction of sp³-hybridized carbons (Fsp3) is 0.818. The predicted octanol–water partition coefficient (Wildman–Crippen LogP) is 2.38. The highest BCUT2D eigenvalue weighted by Crippen LogP contribution is 2.18. The zero-order valence-corrected chi connectivity index (χ0v) is 11.4. The Balaban J connectivity index is 0.000000673. The van der Waals surface area contributed by atoms with E-state index in [1.54, 1.807) is 18.4 Å². The molecule has 0 amide bonds.